The molecule has 8 heteroatoms. The summed E-state index contributed by atoms with van der Waals surface area (Å²) in [6.07, 6.45) is 4.63. The van der Waals surface area contributed by atoms with Crippen LogP contribution >= 0.6 is 15.9 Å². The zero-order valence-electron chi connectivity index (χ0n) is 13.3. The molecule has 0 radical (unpaired) electrons. The van der Waals surface area contributed by atoms with E-state index in [9.17, 15) is 4.39 Å². The van der Waals surface area contributed by atoms with Gasteiger partial charge in [-0.15, -0.1) is 10.2 Å². The van der Waals surface area contributed by atoms with Crippen LogP contribution in [0.3, 0.4) is 0 Å². The summed E-state index contributed by atoms with van der Waals surface area (Å²) >= 11 is 3.49. The monoisotopic (exact) mass is 404 g/mol. The van der Waals surface area contributed by atoms with Gasteiger partial charge in [-0.1, -0.05) is 12.1 Å². The lowest BCUT2D eigenvalue weighted by Crippen LogP contribution is -1.99. The van der Waals surface area contributed by atoms with Crippen molar-refractivity contribution in [3.8, 4) is 11.5 Å². The van der Waals surface area contributed by atoms with Crippen molar-refractivity contribution in [3.05, 3.63) is 70.5 Å². The third-order valence-corrected chi connectivity index (χ3v) is 4.01. The fourth-order valence-corrected chi connectivity index (χ4v) is 2.47. The van der Waals surface area contributed by atoms with Gasteiger partial charge in [-0.25, -0.2) is 9.07 Å². The van der Waals surface area contributed by atoms with Crippen LogP contribution in [0.25, 0.3) is 0 Å². The molecule has 0 spiro atoms. The second kappa shape index (κ2) is 7.89. The summed E-state index contributed by atoms with van der Waals surface area (Å²) in [7, 11) is 1.56. The van der Waals surface area contributed by atoms with Gasteiger partial charge in [0.25, 0.3) is 0 Å². The van der Waals surface area contributed by atoms with Crippen LogP contribution in [0.1, 0.15) is 11.1 Å². The molecule has 2 aromatic carbocycles. The number of hydrogen-bond acceptors (Lipinski definition) is 5. The first-order valence-electron chi connectivity index (χ1n) is 7.29. The molecule has 0 aliphatic heterocycles. The van der Waals surface area contributed by atoms with E-state index >= 15 is 0 Å². The van der Waals surface area contributed by atoms with Crippen LogP contribution in [0, 0.1) is 5.82 Å². The number of rotatable bonds is 6. The zero-order valence-corrected chi connectivity index (χ0v) is 14.9. The van der Waals surface area contributed by atoms with Crippen LogP contribution in [-0.4, -0.2) is 28.2 Å². The summed E-state index contributed by atoms with van der Waals surface area (Å²) in [6.45, 7) is 0.303. The minimum absolute atomic E-state index is 0.277. The molecule has 0 aliphatic carbocycles. The molecular formula is C17H14BrFN4O2. The van der Waals surface area contributed by atoms with Crippen LogP contribution < -0.4 is 9.47 Å². The van der Waals surface area contributed by atoms with Crippen LogP contribution in [0.5, 0.6) is 11.5 Å². The van der Waals surface area contributed by atoms with Gasteiger partial charge in [-0.2, -0.15) is 5.10 Å². The van der Waals surface area contributed by atoms with Gasteiger partial charge in [0.15, 0.2) is 11.5 Å². The molecule has 0 unspecified atom stereocenters. The average molecular weight is 405 g/mol. The molecule has 128 valence electrons. The number of benzene rings is 2. The molecule has 0 amide bonds. The average Bonchev–Trinajstić information content (AvgIpc) is 3.14. The number of ether oxygens (including phenoxy) is 2. The molecule has 0 saturated carbocycles. The molecule has 3 rings (SSSR count). The van der Waals surface area contributed by atoms with E-state index in [1.807, 2.05) is 0 Å². The van der Waals surface area contributed by atoms with Crippen molar-refractivity contribution in [2.24, 2.45) is 5.10 Å². The van der Waals surface area contributed by atoms with Gasteiger partial charge in [0.2, 0.25) is 0 Å². The maximum absolute atomic E-state index is 13.0. The zero-order chi connectivity index (χ0) is 17.6. The van der Waals surface area contributed by atoms with E-state index in [4.69, 9.17) is 9.47 Å². The quantitative estimate of drug-likeness (QED) is 0.588. The van der Waals surface area contributed by atoms with E-state index in [2.05, 4.69) is 31.2 Å². The smallest absolute Gasteiger partial charge is 0.162 e. The first-order valence-corrected chi connectivity index (χ1v) is 8.09. The molecule has 6 nitrogen and oxygen atoms in total. The van der Waals surface area contributed by atoms with Crippen molar-refractivity contribution in [2.75, 3.05) is 7.11 Å². The molecule has 3 aromatic rings. The molecule has 0 bridgehead atoms. The highest BCUT2D eigenvalue weighted by Crippen LogP contribution is 2.33. The van der Waals surface area contributed by atoms with Gasteiger partial charge in [0.1, 0.15) is 25.1 Å². The van der Waals surface area contributed by atoms with Gasteiger partial charge in [-0.3, -0.25) is 0 Å². The minimum Gasteiger partial charge on any atom is -0.493 e. The Hall–Kier alpha value is -2.74. The summed E-state index contributed by atoms with van der Waals surface area (Å²) in [6, 6.07) is 9.76. The summed E-state index contributed by atoms with van der Waals surface area (Å²) in [5.41, 5.74) is 1.66. The highest BCUT2D eigenvalue weighted by atomic mass is 79.9. The third kappa shape index (κ3) is 4.42. The Bertz CT molecular complexity index is 867. The van der Waals surface area contributed by atoms with Crippen molar-refractivity contribution in [2.45, 2.75) is 6.61 Å². The molecule has 0 saturated heterocycles. The number of aromatic nitrogens is 3. The predicted octanol–water partition coefficient (Wildman–Crippen LogP) is 3.65. The lowest BCUT2D eigenvalue weighted by molar-refractivity contribution is 0.284. The molecule has 0 aliphatic rings. The van der Waals surface area contributed by atoms with Gasteiger partial charge in [0.05, 0.1) is 13.3 Å². The van der Waals surface area contributed by atoms with Crippen LogP contribution in [0.2, 0.25) is 0 Å². The Morgan fingerprint density at radius 3 is 2.56 bits per heavy atom. The van der Waals surface area contributed by atoms with E-state index < -0.39 is 0 Å². The number of hydrogen-bond donors (Lipinski definition) is 0. The SMILES string of the molecule is COc1cc(/C=N/n2cnnc2)c(Br)cc1OCc1ccc(F)cc1. The molecule has 25 heavy (non-hydrogen) atoms. The first-order chi connectivity index (χ1) is 12.2. The van der Waals surface area contributed by atoms with Crippen molar-refractivity contribution < 1.29 is 13.9 Å². The minimum atomic E-state index is -0.277. The fourth-order valence-electron chi connectivity index (χ4n) is 2.05. The Morgan fingerprint density at radius 1 is 1.16 bits per heavy atom. The number of methoxy groups -OCH3 is 1. The normalized spacial score (nSPS) is 11.0. The first kappa shape index (κ1) is 17.1. The van der Waals surface area contributed by atoms with Crippen molar-refractivity contribution in [3.63, 3.8) is 0 Å². The molecule has 0 N–H and O–H groups in total. The molecule has 0 fully saturated rings. The van der Waals surface area contributed by atoms with Gasteiger partial charge >= 0.3 is 0 Å². The lowest BCUT2D eigenvalue weighted by atomic mass is 10.2. The Morgan fingerprint density at radius 2 is 1.88 bits per heavy atom. The van der Waals surface area contributed by atoms with Crippen LogP contribution in [-0.2, 0) is 6.61 Å². The highest BCUT2D eigenvalue weighted by molar-refractivity contribution is 9.10. The van der Waals surface area contributed by atoms with Crippen LogP contribution in [0.4, 0.5) is 4.39 Å². The third-order valence-electron chi connectivity index (χ3n) is 3.33. The lowest BCUT2D eigenvalue weighted by Gasteiger charge is -2.12. The Labute approximate surface area is 152 Å². The van der Waals surface area contributed by atoms with Crippen molar-refractivity contribution >= 4 is 22.1 Å². The second-order valence-corrected chi connectivity index (χ2v) is 5.88. The molecule has 0 atom stereocenters. The largest absolute Gasteiger partial charge is 0.493 e. The van der Waals surface area contributed by atoms with E-state index in [1.54, 1.807) is 37.6 Å². The Kier molecular flexibility index (Phi) is 5.39. The molecule has 1 aromatic heterocycles. The van der Waals surface area contributed by atoms with E-state index in [-0.39, 0.29) is 5.82 Å². The standard InChI is InChI=1S/C17H14BrFN4O2/c1-24-16-6-13(8-22-23-10-20-21-11-23)15(18)7-17(16)25-9-12-2-4-14(19)5-3-12/h2-8,10-11H,9H2,1H3/b22-8+. The van der Waals surface area contributed by atoms with Gasteiger partial charge in [-0.05, 0) is 45.8 Å². The molecular weight excluding hydrogens is 391 g/mol. The number of halogens is 2. The van der Waals surface area contributed by atoms with E-state index in [1.165, 1.54) is 29.5 Å². The van der Waals surface area contributed by atoms with Crippen LogP contribution in [0.15, 0.2) is 58.6 Å². The van der Waals surface area contributed by atoms with Gasteiger partial charge < -0.3 is 9.47 Å². The summed E-state index contributed by atoms with van der Waals surface area (Å²) in [5.74, 6) is 0.858. The second-order valence-electron chi connectivity index (χ2n) is 5.03. The summed E-state index contributed by atoms with van der Waals surface area (Å²) < 4.78 is 26.4. The predicted molar refractivity (Wildman–Crippen MR) is 94.4 cm³/mol. The van der Waals surface area contributed by atoms with Crippen molar-refractivity contribution in [1.29, 1.82) is 0 Å². The Balaban J connectivity index is 1.78. The summed E-state index contributed by atoms with van der Waals surface area (Å²) in [4.78, 5) is 0. The van der Waals surface area contributed by atoms with E-state index in [0.29, 0.717) is 18.1 Å². The maximum Gasteiger partial charge on any atom is 0.162 e. The fraction of sp³-hybridized carbons (Fsp3) is 0.118. The van der Waals surface area contributed by atoms with Crippen molar-refractivity contribution in [1.82, 2.24) is 14.9 Å². The topological polar surface area (TPSA) is 61.5 Å². The van der Waals surface area contributed by atoms with Gasteiger partial charge in [0, 0.05) is 10.0 Å². The summed E-state index contributed by atoms with van der Waals surface area (Å²) in [5, 5.41) is 11.6. The highest BCUT2D eigenvalue weighted by Gasteiger charge is 2.10. The maximum atomic E-state index is 13.0. The number of nitrogens with zero attached hydrogens (tertiary/aromatic N) is 4. The van der Waals surface area contributed by atoms with E-state index in [0.717, 1.165) is 15.6 Å². The molecule has 1 heterocycles.